The van der Waals surface area contributed by atoms with Gasteiger partial charge in [0, 0.05) is 12.5 Å². The van der Waals surface area contributed by atoms with Crippen molar-refractivity contribution in [1.29, 1.82) is 0 Å². The molecule has 0 aromatic heterocycles. The van der Waals surface area contributed by atoms with E-state index in [4.69, 9.17) is 25.4 Å². The van der Waals surface area contributed by atoms with Crippen LogP contribution in [0.3, 0.4) is 0 Å². The predicted octanol–water partition coefficient (Wildman–Crippen LogP) is 2.56. The van der Waals surface area contributed by atoms with Gasteiger partial charge in [0.1, 0.15) is 12.2 Å². The summed E-state index contributed by atoms with van der Waals surface area (Å²) in [6.45, 7) is 7.06. The molecule has 0 fully saturated rings. The number of carboxylic acid groups (broad SMARTS) is 4. The van der Waals surface area contributed by atoms with Crippen molar-refractivity contribution in [2.75, 3.05) is 0 Å². The lowest BCUT2D eigenvalue weighted by Crippen LogP contribution is -2.42. The number of nitrogens with two attached hydrogens (primary N) is 1. The van der Waals surface area contributed by atoms with Crippen molar-refractivity contribution in [2.45, 2.75) is 154 Å². The van der Waals surface area contributed by atoms with Gasteiger partial charge in [0.2, 0.25) is 0 Å². The highest BCUT2D eigenvalue weighted by molar-refractivity contribution is 5.83. The molecule has 0 spiro atoms. The van der Waals surface area contributed by atoms with E-state index in [2.05, 4.69) is 0 Å². The monoisotopic (exact) mass is 721 g/mol. The van der Waals surface area contributed by atoms with Gasteiger partial charge in [-0.3, -0.25) is 28.8 Å². The first-order valence-corrected chi connectivity index (χ1v) is 17.3. The first-order chi connectivity index (χ1) is 23.3. The fourth-order valence-corrected chi connectivity index (χ4v) is 5.68. The van der Waals surface area contributed by atoms with Gasteiger partial charge in [-0.2, -0.15) is 0 Å². The van der Waals surface area contributed by atoms with Gasteiger partial charge in [-0.15, -0.1) is 0 Å². The van der Waals surface area contributed by atoms with Gasteiger partial charge in [0.25, 0.3) is 0 Å². The third-order valence-electron chi connectivity index (χ3n) is 8.61. The van der Waals surface area contributed by atoms with Crippen LogP contribution in [0, 0.1) is 23.7 Å². The maximum atomic E-state index is 13.0. The van der Waals surface area contributed by atoms with Crippen molar-refractivity contribution < 1.29 is 74.0 Å². The molecule has 0 aliphatic carbocycles. The number of carbonyl (C=O) groups excluding carboxylic acids is 2. The van der Waals surface area contributed by atoms with Gasteiger partial charge in [-0.1, -0.05) is 46.5 Å². The van der Waals surface area contributed by atoms with Crippen LogP contribution in [-0.4, -0.2) is 108 Å². The Morgan fingerprint density at radius 2 is 1.08 bits per heavy atom. The Labute approximate surface area is 293 Å². The number of esters is 2. The van der Waals surface area contributed by atoms with Crippen LogP contribution in [0.2, 0.25) is 0 Å². The number of aliphatic hydroxyl groups is 3. The van der Waals surface area contributed by atoms with Crippen molar-refractivity contribution in [1.82, 2.24) is 0 Å². The Hall–Kier alpha value is -3.34. The van der Waals surface area contributed by atoms with Crippen LogP contribution < -0.4 is 5.73 Å². The standard InChI is InChI=1S/C34H59NO15/c1-5-6-9-20(3)32(50-31(44)17-23(34(47)48)15-29(41)42)27(49-30(43)16-22(33(45)46)14-28(39)40)13-19(2)12-24(36)10-7-8-11-25(37)18-26(38)21(4)35/h19-27,32,36-38H,5-18,35H2,1-4H3,(H,39,40)(H,41,42)(H,45,46)(H,47,48)/t19-,20+,21+,22+,23+,24+,25-,26-,27+,32+/m0/s1. The van der Waals surface area contributed by atoms with E-state index in [0.717, 1.165) is 6.42 Å². The summed E-state index contributed by atoms with van der Waals surface area (Å²) in [5.41, 5.74) is 5.63. The number of rotatable bonds is 29. The van der Waals surface area contributed by atoms with Crippen LogP contribution in [0.15, 0.2) is 0 Å². The number of hydrogen-bond acceptors (Lipinski definition) is 12. The summed E-state index contributed by atoms with van der Waals surface area (Å²) in [6.07, 6.45) is -3.74. The Morgan fingerprint density at radius 1 is 0.620 bits per heavy atom. The first-order valence-electron chi connectivity index (χ1n) is 17.3. The van der Waals surface area contributed by atoms with Gasteiger partial charge in [-0.05, 0) is 50.9 Å². The molecular weight excluding hydrogens is 662 g/mol. The summed E-state index contributed by atoms with van der Waals surface area (Å²) < 4.78 is 11.4. The SMILES string of the molecule is CCCC[C@@H](C)[C@@H](OC(=O)C[C@@H](CC(=O)O)C(=O)O)[C@@H](C[C@@H](C)C[C@H](O)CCCC[C@H](O)C[C@H](O)[C@@H](C)N)OC(=O)C[C@@H](CC(=O)O)C(=O)O. The second kappa shape index (κ2) is 24.7. The summed E-state index contributed by atoms with van der Waals surface area (Å²) in [5.74, 6) is -12.0. The van der Waals surface area contributed by atoms with Gasteiger partial charge in [0.15, 0.2) is 0 Å². The largest absolute Gasteiger partial charge is 0.481 e. The van der Waals surface area contributed by atoms with Crippen LogP contribution >= 0.6 is 0 Å². The fraction of sp³-hybridized carbons (Fsp3) is 0.824. The average molecular weight is 722 g/mol. The summed E-state index contributed by atoms with van der Waals surface area (Å²) in [7, 11) is 0. The lowest BCUT2D eigenvalue weighted by molar-refractivity contribution is -0.177. The second-order valence-electron chi connectivity index (χ2n) is 13.6. The molecule has 0 aliphatic rings. The molecule has 0 saturated carbocycles. The molecule has 290 valence electrons. The van der Waals surface area contributed by atoms with Gasteiger partial charge in [0.05, 0.1) is 55.8 Å². The molecule has 0 unspecified atom stereocenters. The summed E-state index contributed by atoms with van der Waals surface area (Å²) in [4.78, 5) is 71.6. The smallest absolute Gasteiger partial charge is 0.307 e. The molecule has 0 saturated heterocycles. The van der Waals surface area contributed by atoms with E-state index in [-0.39, 0.29) is 25.2 Å². The van der Waals surface area contributed by atoms with E-state index >= 15 is 0 Å². The third-order valence-corrected chi connectivity index (χ3v) is 8.61. The van der Waals surface area contributed by atoms with Crippen molar-refractivity contribution >= 4 is 35.8 Å². The molecule has 0 heterocycles. The van der Waals surface area contributed by atoms with Crippen molar-refractivity contribution in [3.8, 4) is 0 Å². The number of ether oxygens (including phenoxy) is 2. The third kappa shape index (κ3) is 21.0. The molecule has 50 heavy (non-hydrogen) atoms. The van der Waals surface area contributed by atoms with E-state index in [1.165, 1.54) is 0 Å². The van der Waals surface area contributed by atoms with Gasteiger partial charge in [-0.25, -0.2) is 0 Å². The summed E-state index contributed by atoms with van der Waals surface area (Å²) in [5, 5.41) is 67.8. The molecular formula is C34H59NO15. The highest BCUT2D eigenvalue weighted by Gasteiger charge is 2.37. The molecule has 10 atom stereocenters. The average Bonchev–Trinajstić information content (AvgIpc) is 2.99. The van der Waals surface area contributed by atoms with E-state index in [1.807, 2.05) is 6.92 Å². The Morgan fingerprint density at radius 3 is 1.50 bits per heavy atom. The van der Waals surface area contributed by atoms with Gasteiger partial charge >= 0.3 is 35.8 Å². The second-order valence-corrected chi connectivity index (χ2v) is 13.6. The molecule has 0 bridgehead atoms. The normalized spacial score (nSPS) is 17.5. The Bertz CT molecular complexity index is 1070. The maximum Gasteiger partial charge on any atom is 0.307 e. The van der Waals surface area contributed by atoms with Crippen LogP contribution in [0.25, 0.3) is 0 Å². The van der Waals surface area contributed by atoms with Crippen LogP contribution in [0.5, 0.6) is 0 Å². The zero-order chi connectivity index (χ0) is 38.6. The number of unbranched alkanes of at least 4 members (excludes halogenated alkanes) is 2. The highest BCUT2D eigenvalue weighted by Crippen LogP contribution is 2.29. The summed E-state index contributed by atoms with van der Waals surface area (Å²) >= 11 is 0. The minimum atomic E-state index is -1.59. The number of hydrogen-bond donors (Lipinski definition) is 8. The molecule has 9 N–H and O–H groups in total. The minimum Gasteiger partial charge on any atom is -0.481 e. The first kappa shape index (κ1) is 46.7. The lowest BCUT2D eigenvalue weighted by atomic mass is 9.87. The Balaban J connectivity index is 5.98. The van der Waals surface area contributed by atoms with Crippen LogP contribution in [0.4, 0.5) is 0 Å². The molecule has 0 aliphatic heterocycles. The van der Waals surface area contributed by atoms with E-state index in [1.54, 1.807) is 20.8 Å². The van der Waals surface area contributed by atoms with E-state index in [9.17, 15) is 54.3 Å². The molecule has 0 aromatic rings. The maximum absolute atomic E-state index is 13.0. The highest BCUT2D eigenvalue weighted by atomic mass is 16.6. The number of aliphatic carboxylic acids is 4. The number of aliphatic hydroxyl groups excluding tert-OH is 3. The van der Waals surface area contributed by atoms with E-state index < -0.39 is 116 Å². The topological polar surface area (TPSA) is 289 Å². The van der Waals surface area contributed by atoms with Crippen molar-refractivity contribution in [2.24, 2.45) is 29.4 Å². The van der Waals surface area contributed by atoms with Crippen LogP contribution in [-0.2, 0) is 38.2 Å². The molecule has 0 aromatic carbocycles. The van der Waals surface area contributed by atoms with Crippen molar-refractivity contribution in [3.63, 3.8) is 0 Å². The fourth-order valence-electron chi connectivity index (χ4n) is 5.68. The zero-order valence-electron chi connectivity index (χ0n) is 29.6. The molecule has 16 heteroatoms. The zero-order valence-corrected chi connectivity index (χ0v) is 29.6. The molecule has 0 radical (unpaired) electrons. The molecule has 16 nitrogen and oxygen atoms in total. The number of carboxylic acids is 4. The van der Waals surface area contributed by atoms with Crippen LogP contribution in [0.1, 0.15) is 118 Å². The Kier molecular flexibility index (Phi) is 23.1. The number of carbonyl (C=O) groups is 6. The molecule has 0 rings (SSSR count). The molecule has 0 amide bonds. The summed E-state index contributed by atoms with van der Waals surface area (Å²) in [6, 6.07) is -0.476. The van der Waals surface area contributed by atoms with Crippen molar-refractivity contribution in [3.05, 3.63) is 0 Å². The van der Waals surface area contributed by atoms with E-state index in [0.29, 0.717) is 38.5 Å². The predicted molar refractivity (Wildman–Crippen MR) is 178 cm³/mol. The minimum absolute atomic E-state index is 0.0270. The quantitative estimate of drug-likeness (QED) is 0.0407. The lowest BCUT2D eigenvalue weighted by Gasteiger charge is -2.33. The van der Waals surface area contributed by atoms with Gasteiger partial charge < -0.3 is 51.0 Å².